The number of rotatable bonds is 2. The summed E-state index contributed by atoms with van der Waals surface area (Å²) in [7, 11) is 1.44. The molecule has 62 valence electrons. The Morgan fingerprint density at radius 2 is 2.33 bits per heavy atom. The first-order valence-electron chi connectivity index (χ1n) is 3.21. The second kappa shape index (κ2) is 3.54. The van der Waals surface area contributed by atoms with Crippen molar-refractivity contribution in [2.45, 2.75) is 6.92 Å². The van der Waals surface area contributed by atoms with Gasteiger partial charge in [-0.1, -0.05) is 5.11 Å². The molecule has 0 aliphatic rings. The van der Waals surface area contributed by atoms with E-state index in [0.717, 1.165) is 0 Å². The zero-order valence-corrected chi connectivity index (χ0v) is 6.72. The van der Waals surface area contributed by atoms with Crippen LogP contribution in [0, 0.1) is 6.92 Å². The molecule has 0 fully saturated rings. The standard InChI is InChI=1S/C6H7N5O/c1-4-3-5(9-11-7)6(12-2)10-8-4/h3H,1-2H3. The van der Waals surface area contributed by atoms with Gasteiger partial charge in [-0.3, -0.25) is 0 Å². The normalized spacial score (nSPS) is 8.83. The molecule has 0 N–H and O–H groups in total. The first-order valence-corrected chi connectivity index (χ1v) is 3.21. The van der Waals surface area contributed by atoms with Gasteiger partial charge in [0.25, 0.3) is 0 Å². The van der Waals surface area contributed by atoms with Crippen LogP contribution in [0.4, 0.5) is 5.69 Å². The zero-order valence-electron chi connectivity index (χ0n) is 6.72. The highest BCUT2D eigenvalue weighted by Gasteiger charge is 2.02. The highest BCUT2D eigenvalue weighted by atomic mass is 16.5. The Labute approximate surface area is 68.8 Å². The van der Waals surface area contributed by atoms with Gasteiger partial charge in [-0.05, 0) is 18.5 Å². The fourth-order valence-corrected chi connectivity index (χ4v) is 0.729. The number of aryl methyl sites for hydroxylation is 1. The van der Waals surface area contributed by atoms with E-state index in [1.165, 1.54) is 7.11 Å². The van der Waals surface area contributed by atoms with Crippen molar-refractivity contribution in [2.24, 2.45) is 5.11 Å². The van der Waals surface area contributed by atoms with Gasteiger partial charge in [0, 0.05) is 4.91 Å². The number of nitrogens with zero attached hydrogens (tertiary/aromatic N) is 5. The Balaban J connectivity index is 3.20. The molecule has 1 aromatic rings. The lowest BCUT2D eigenvalue weighted by Crippen LogP contribution is -1.92. The van der Waals surface area contributed by atoms with E-state index < -0.39 is 0 Å². The third-order valence-electron chi connectivity index (χ3n) is 1.21. The molecule has 1 heterocycles. The monoisotopic (exact) mass is 165 g/mol. The van der Waals surface area contributed by atoms with Crippen LogP contribution in [0.1, 0.15) is 5.69 Å². The lowest BCUT2D eigenvalue weighted by molar-refractivity contribution is 0.393. The van der Waals surface area contributed by atoms with Gasteiger partial charge in [0.2, 0.25) is 5.88 Å². The van der Waals surface area contributed by atoms with Crippen LogP contribution < -0.4 is 4.74 Å². The second-order valence-electron chi connectivity index (χ2n) is 2.07. The van der Waals surface area contributed by atoms with E-state index in [4.69, 9.17) is 10.3 Å². The summed E-state index contributed by atoms with van der Waals surface area (Å²) in [5.74, 6) is 0.235. The van der Waals surface area contributed by atoms with Gasteiger partial charge in [-0.25, -0.2) is 0 Å². The largest absolute Gasteiger partial charge is 0.480 e. The van der Waals surface area contributed by atoms with E-state index in [-0.39, 0.29) is 5.88 Å². The summed E-state index contributed by atoms with van der Waals surface area (Å²) in [6.45, 7) is 1.75. The third-order valence-corrected chi connectivity index (χ3v) is 1.21. The zero-order chi connectivity index (χ0) is 8.97. The van der Waals surface area contributed by atoms with Crippen molar-refractivity contribution in [2.75, 3.05) is 7.11 Å². The predicted octanol–water partition coefficient (Wildman–Crippen LogP) is 1.74. The van der Waals surface area contributed by atoms with Crippen LogP contribution in [0.2, 0.25) is 0 Å². The summed E-state index contributed by atoms with van der Waals surface area (Å²) >= 11 is 0. The van der Waals surface area contributed by atoms with E-state index >= 15 is 0 Å². The molecule has 0 unspecified atom stereocenters. The van der Waals surface area contributed by atoms with Gasteiger partial charge in [0.15, 0.2) is 0 Å². The summed E-state index contributed by atoms with van der Waals surface area (Å²) in [5, 5.41) is 10.8. The summed E-state index contributed by atoms with van der Waals surface area (Å²) in [6.07, 6.45) is 0. The molecule has 0 radical (unpaired) electrons. The Kier molecular flexibility index (Phi) is 2.45. The molecule has 0 aliphatic carbocycles. The molecule has 6 nitrogen and oxygen atoms in total. The van der Waals surface area contributed by atoms with Crippen molar-refractivity contribution in [3.8, 4) is 5.88 Å². The Morgan fingerprint density at radius 3 is 2.92 bits per heavy atom. The van der Waals surface area contributed by atoms with Crippen LogP contribution >= 0.6 is 0 Å². The van der Waals surface area contributed by atoms with Crippen molar-refractivity contribution in [3.63, 3.8) is 0 Å². The maximum Gasteiger partial charge on any atom is 0.242 e. The Bertz CT molecular complexity index is 331. The molecule has 1 aromatic heterocycles. The molecule has 0 atom stereocenters. The number of aromatic nitrogens is 2. The van der Waals surface area contributed by atoms with Crippen LogP contribution in [-0.2, 0) is 0 Å². The summed E-state index contributed by atoms with van der Waals surface area (Å²) in [4.78, 5) is 2.63. The molecule has 6 heteroatoms. The van der Waals surface area contributed by atoms with Crippen molar-refractivity contribution in [1.29, 1.82) is 0 Å². The smallest absolute Gasteiger partial charge is 0.242 e. The molecule has 0 aromatic carbocycles. The van der Waals surface area contributed by atoms with Gasteiger partial charge in [0.1, 0.15) is 5.69 Å². The molecular weight excluding hydrogens is 158 g/mol. The van der Waals surface area contributed by atoms with Gasteiger partial charge in [-0.2, -0.15) is 5.10 Å². The number of methoxy groups -OCH3 is 1. The maximum atomic E-state index is 8.19. The summed E-state index contributed by atoms with van der Waals surface area (Å²) in [6, 6.07) is 1.60. The van der Waals surface area contributed by atoms with Crippen molar-refractivity contribution < 1.29 is 4.74 Å². The fraction of sp³-hybridized carbons (Fsp3) is 0.333. The fourth-order valence-electron chi connectivity index (χ4n) is 0.729. The van der Waals surface area contributed by atoms with Crippen molar-refractivity contribution >= 4 is 5.69 Å². The van der Waals surface area contributed by atoms with Gasteiger partial charge < -0.3 is 4.74 Å². The van der Waals surface area contributed by atoms with Gasteiger partial charge >= 0.3 is 0 Å². The highest BCUT2D eigenvalue weighted by molar-refractivity contribution is 5.46. The molecule has 0 amide bonds. The first-order chi connectivity index (χ1) is 5.77. The topological polar surface area (TPSA) is 83.8 Å². The quantitative estimate of drug-likeness (QED) is 0.380. The average Bonchev–Trinajstić information content (AvgIpc) is 2.05. The van der Waals surface area contributed by atoms with E-state index in [0.29, 0.717) is 11.4 Å². The lowest BCUT2D eigenvalue weighted by Gasteiger charge is -2.00. The minimum atomic E-state index is 0.235. The molecular formula is C6H7N5O. The van der Waals surface area contributed by atoms with Crippen LogP contribution in [-0.4, -0.2) is 17.3 Å². The van der Waals surface area contributed by atoms with Crippen molar-refractivity contribution in [1.82, 2.24) is 10.2 Å². The van der Waals surface area contributed by atoms with Gasteiger partial charge in [0.05, 0.1) is 12.8 Å². The molecule has 1 rings (SSSR count). The first kappa shape index (κ1) is 8.29. The SMILES string of the molecule is COc1nnc(C)cc1N=[N+]=[N-]. The van der Waals surface area contributed by atoms with E-state index in [2.05, 4.69) is 20.2 Å². The predicted molar refractivity (Wildman–Crippen MR) is 42.1 cm³/mol. The summed E-state index contributed by atoms with van der Waals surface area (Å²) < 4.78 is 4.81. The Hall–Kier alpha value is -1.81. The molecule has 0 saturated heterocycles. The Morgan fingerprint density at radius 1 is 1.58 bits per heavy atom. The molecule has 12 heavy (non-hydrogen) atoms. The lowest BCUT2D eigenvalue weighted by atomic mass is 10.4. The van der Waals surface area contributed by atoms with Crippen LogP contribution in [0.5, 0.6) is 5.88 Å². The molecule has 0 bridgehead atoms. The van der Waals surface area contributed by atoms with Crippen LogP contribution in [0.3, 0.4) is 0 Å². The van der Waals surface area contributed by atoms with E-state index in [9.17, 15) is 0 Å². The average molecular weight is 165 g/mol. The number of hydrogen-bond donors (Lipinski definition) is 0. The second-order valence-corrected chi connectivity index (χ2v) is 2.07. The van der Waals surface area contributed by atoms with Gasteiger partial charge in [-0.15, -0.1) is 5.10 Å². The highest BCUT2D eigenvalue weighted by Crippen LogP contribution is 2.23. The van der Waals surface area contributed by atoms with Crippen LogP contribution in [0.15, 0.2) is 11.2 Å². The maximum absolute atomic E-state index is 8.19. The number of hydrogen-bond acceptors (Lipinski definition) is 4. The summed E-state index contributed by atoms with van der Waals surface area (Å²) in [5.41, 5.74) is 9.22. The van der Waals surface area contributed by atoms with E-state index in [1.54, 1.807) is 13.0 Å². The molecule has 0 spiro atoms. The minimum absolute atomic E-state index is 0.235. The molecule has 0 saturated carbocycles. The number of azide groups is 1. The van der Waals surface area contributed by atoms with E-state index in [1.807, 2.05) is 0 Å². The van der Waals surface area contributed by atoms with Crippen LogP contribution in [0.25, 0.3) is 10.4 Å². The van der Waals surface area contributed by atoms with Crippen molar-refractivity contribution in [3.05, 3.63) is 22.2 Å². The minimum Gasteiger partial charge on any atom is -0.480 e. The molecule has 0 aliphatic heterocycles. The number of ether oxygens (including phenoxy) is 1. The third kappa shape index (κ3) is 1.62.